The van der Waals surface area contributed by atoms with Crippen molar-refractivity contribution in [2.45, 2.75) is 19.1 Å². The number of fused-ring (bicyclic) bond motifs is 1. The van der Waals surface area contributed by atoms with E-state index in [0.29, 0.717) is 29.9 Å². The molecule has 2 unspecified atom stereocenters. The van der Waals surface area contributed by atoms with Crippen LogP contribution < -0.4 is 5.56 Å². The topological polar surface area (TPSA) is 58.2 Å². The highest BCUT2D eigenvalue weighted by Crippen LogP contribution is 2.27. The Morgan fingerprint density at radius 2 is 2.00 bits per heavy atom. The molecule has 0 spiro atoms. The van der Waals surface area contributed by atoms with Gasteiger partial charge in [0.1, 0.15) is 11.6 Å². The number of hydrogen-bond acceptors (Lipinski definition) is 4. The van der Waals surface area contributed by atoms with E-state index in [4.69, 9.17) is 4.74 Å². The van der Waals surface area contributed by atoms with Crippen molar-refractivity contribution in [3.63, 3.8) is 0 Å². The molecule has 1 aromatic heterocycles. The summed E-state index contributed by atoms with van der Waals surface area (Å²) in [5.41, 5.74) is 1.52. The van der Waals surface area contributed by atoms with E-state index in [0.717, 1.165) is 12.1 Å². The lowest BCUT2D eigenvalue weighted by molar-refractivity contribution is -0.0442. The predicted molar refractivity (Wildman–Crippen MR) is 97.4 cm³/mol. The van der Waals surface area contributed by atoms with Crippen molar-refractivity contribution in [1.29, 1.82) is 0 Å². The molecule has 0 aliphatic carbocycles. The summed E-state index contributed by atoms with van der Waals surface area (Å²) in [7, 11) is 0. The number of rotatable bonds is 3. The van der Waals surface area contributed by atoms with E-state index in [9.17, 15) is 9.18 Å². The SMILES string of the molecule is CC(c1nc2ccccc2c(=O)[nH]1)N1CCOC(c2ccc(F)cc2)C1. The summed E-state index contributed by atoms with van der Waals surface area (Å²) >= 11 is 0. The number of aromatic nitrogens is 2. The van der Waals surface area contributed by atoms with Gasteiger partial charge in [0.2, 0.25) is 0 Å². The minimum atomic E-state index is -0.257. The number of hydrogen-bond donors (Lipinski definition) is 1. The maximum Gasteiger partial charge on any atom is 0.258 e. The Hall–Kier alpha value is -2.57. The van der Waals surface area contributed by atoms with E-state index in [1.54, 1.807) is 18.2 Å². The Bertz CT molecular complexity index is 971. The molecule has 1 aliphatic heterocycles. The molecule has 1 N–H and O–H groups in total. The molecule has 0 amide bonds. The number of para-hydroxylation sites is 1. The van der Waals surface area contributed by atoms with Crippen LogP contribution in [0, 0.1) is 5.82 Å². The lowest BCUT2D eigenvalue weighted by Crippen LogP contribution is -2.40. The Labute approximate surface area is 150 Å². The summed E-state index contributed by atoms with van der Waals surface area (Å²) in [6.45, 7) is 4.00. The number of H-pyrrole nitrogens is 1. The van der Waals surface area contributed by atoms with Crippen molar-refractivity contribution in [3.05, 3.63) is 76.1 Å². The molecule has 6 heteroatoms. The first-order valence-electron chi connectivity index (χ1n) is 8.72. The Morgan fingerprint density at radius 1 is 1.23 bits per heavy atom. The van der Waals surface area contributed by atoms with Crippen LogP contribution in [0.25, 0.3) is 10.9 Å². The molecule has 4 rings (SSSR count). The first-order chi connectivity index (χ1) is 12.6. The molecule has 0 radical (unpaired) electrons. The lowest BCUT2D eigenvalue weighted by Gasteiger charge is -2.36. The zero-order valence-electron chi connectivity index (χ0n) is 14.5. The molecule has 2 heterocycles. The zero-order chi connectivity index (χ0) is 18.1. The molecule has 5 nitrogen and oxygen atoms in total. The van der Waals surface area contributed by atoms with Crippen molar-refractivity contribution in [2.24, 2.45) is 0 Å². The average Bonchev–Trinajstić information content (AvgIpc) is 2.68. The van der Waals surface area contributed by atoms with Gasteiger partial charge in [-0.3, -0.25) is 9.69 Å². The van der Waals surface area contributed by atoms with Gasteiger partial charge in [-0.15, -0.1) is 0 Å². The Balaban J connectivity index is 1.58. The first-order valence-corrected chi connectivity index (χ1v) is 8.72. The maximum absolute atomic E-state index is 13.2. The number of benzene rings is 2. The monoisotopic (exact) mass is 353 g/mol. The maximum atomic E-state index is 13.2. The zero-order valence-corrected chi connectivity index (χ0v) is 14.5. The third-order valence-electron chi connectivity index (χ3n) is 4.91. The number of nitrogens with one attached hydrogen (secondary N) is 1. The van der Waals surface area contributed by atoms with E-state index >= 15 is 0 Å². The number of halogens is 1. The number of morpholine rings is 1. The fourth-order valence-corrected chi connectivity index (χ4v) is 3.38. The van der Waals surface area contributed by atoms with Gasteiger partial charge in [-0.1, -0.05) is 24.3 Å². The standard InChI is InChI=1S/C20H20FN3O2/c1-13(19-22-17-5-3-2-4-16(17)20(25)23-19)24-10-11-26-18(12-24)14-6-8-15(21)9-7-14/h2-9,13,18H,10-12H2,1H3,(H,22,23,25). The quantitative estimate of drug-likeness (QED) is 0.786. The second-order valence-corrected chi connectivity index (χ2v) is 6.55. The van der Waals surface area contributed by atoms with Crippen LogP contribution in [-0.2, 0) is 4.74 Å². The third kappa shape index (κ3) is 3.25. The molecule has 1 saturated heterocycles. The van der Waals surface area contributed by atoms with Crippen LogP contribution in [0.4, 0.5) is 4.39 Å². The highest BCUT2D eigenvalue weighted by Gasteiger charge is 2.27. The van der Waals surface area contributed by atoms with Crippen molar-refractivity contribution < 1.29 is 9.13 Å². The van der Waals surface area contributed by atoms with Gasteiger partial charge in [-0.25, -0.2) is 9.37 Å². The number of ether oxygens (including phenoxy) is 1. The van der Waals surface area contributed by atoms with Gasteiger partial charge in [0.05, 0.1) is 29.7 Å². The van der Waals surface area contributed by atoms with Crippen molar-refractivity contribution in [3.8, 4) is 0 Å². The van der Waals surface area contributed by atoms with E-state index in [2.05, 4.69) is 14.9 Å². The normalized spacial score (nSPS) is 19.5. The van der Waals surface area contributed by atoms with Crippen molar-refractivity contribution in [2.75, 3.05) is 19.7 Å². The van der Waals surface area contributed by atoms with Crippen LogP contribution in [-0.4, -0.2) is 34.6 Å². The summed E-state index contributed by atoms with van der Waals surface area (Å²) in [6.07, 6.45) is -0.126. The summed E-state index contributed by atoms with van der Waals surface area (Å²) in [5, 5.41) is 0.592. The molecule has 134 valence electrons. The van der Waals surface area contributed by atoms with Gasteiger partial charge in [0.15, 0.2) is 0 Å². The fraction of sp³-hybridized carbons (Fsp3) is 0.300. The van der Waals surface area contributed by atoms with Gasteiger partial charge in [0.25, 0.3) is 5.56 Å². The minimum Gasteiger partial charge on any atom is -0.371 e. The predicted octanol–water partition coefficient (Wildman–Crippen LogP) is 3.20. The van der Waals surface area contributed by atoms with Crippen LogP contribution in [0.1, 0.15) is 30.5 Å². The van der Waals surface area contributed by atoms with E-state index in [-0.39, 0.29) is 23.5 Å². The second-order valence-electron chi connectivity index (χ2n) is 6.55. The molecule has 2 aromatic carbocycles. The summed E-state index contributed by atoms with van der Waals surface area (Å²) in [6, 6.07) is 13.7. The van der Waals surface area contributed by atoms with E-state index < -0.39 is 0 Å². The summed E-state index contributed by atoms with van der Waals surface area (Å²) in [4.78, 5) is 22.1. The van der Waals surface area contributed by atoms with Gasteiger partial charge in [-0.05, 0) is 36.8 Å². The lowest BCUT2D eigenvalue weighted by atomic mass is 10.1. The van der Waals surface area contributed by atoms with Crippen LogP contribution >= 0.6 is 0 Å². The largest absolute Gasteiger partial charge is 0.371 e. The van der Waals surface area contributed by atoms with Gasteiger partial charge < -0.3 is 9.72 Å². The molecule has 1 aliphatic rings. The van der Waals surface area contributed by atoms with E-state index in [1.165, 1.54) is 12.1 Å². The van der Waals surface area contributed by atoms with Gasteiger partial charge in [0, 0.05) is 13.1 Å². The molecule has 2 atom stereocenters. The summed E-state index contributed by atoms with van der Waals surface area (Å²) < 4.78 is 19.0. The van der Waals surface area contributed by atoms with Crippen molar-refractivity contribution in [1.82, 2.24) is 14.9 Å². The molecular weight excluding hydrogens is 333 g/mol. The average molecular weight is 353 g/mol. The number of aromatic amines is 1. The molecule has 26 heavy (non-hydrogen) atoms. The summed E-state index contributed by atoms with van der Waals surface area (Å²) in [5.74, 6) is 0.390. The smallest absolute Gasteiger partial charge is 0.258 e. The second kappa shape index (κ2) is 6.97. The molecular formula is C20H20FN3O2. The molecule has 0 saturated carbocycles. The van der Waals surface area contributed by atoms with Crippen LogP contribution in [0.3, 0.4) is 0 Å². The van der Waals surface area contributed by atoms with E-state index in [1.807, 2.05) is 25.1 Å². The minimum absolute atomic E-state index is 0.0563. The van der Waals surface area contributed by atoms with Crippen LogP contribution in [0.15, 0.2) is 53.3 Å². The van der Waals surface area contributed by atoms with Gasteiger partial charge in [-0.2, -0.15) is 0 Å². The van der Waals surface area contributed by atoms with Gasteiger partial charge >= 0.3 is 0 Å². The number of nitrogens with zero attached hydrogens (tertiary/aromatic N) is 2. The Morgan fingerprint density at radius 3 is 2.81 bits per heavy atom. The molecule has 1 fully saturated rings. The fourth-order valence-electron chi connectivity index (χ4n) is 3.38. The third-order valence-corrected chi connectivity index (χ3v) is 4.91. The van der Waals surface area contributed by atoms with Crippen LogP contribution in [0.2, 0.25) is 0 Å². The highest BCUT2D eigenvalue weighted by molar-refractivity contribution is 5.77. The first kappa shape index (κ1) is 16.9. The van der Waals surface area contributed by atoms with Crippen molar-refractivity contribution >= 4 is 10.9 Å². The highest BCUT2D eigenvalue weighted by atomic mass is 19.1. The van der Waals surface area contributed by atoms with Crippen LogP contribution in [0.5, 0.6) is 0 Å². The molecule has 3 aromatic rings. The Kier molecular flexibility index (Phi) is 4.53. The molecule has 0 bridgehead atoms.